The van der Waals surface area contributed by atoms with E-state index in [1.807, 2.05) is 0 Å². The lowest BCUT2D eigenvalue weighted by Gasteiger charge is -2.62. The third-order valence-corrected chi connectivity index (χ3v) is 12.2. The van der Waals surface area contributed by atoms with Gasteiger partial charge in [0, 0.05) is 0 Å². The average Bonchev–Trinajstić information content (AvgIpc) is 3.43. The van der Waals surface area contributed by atoms with Gasteiger partial charge >= 0.3 is 0 Å². The van der Waals surface area contributed by atoms with Gasteiger partial charge in [-0.05, 0) is 110 Å². The lowest BCUT2D eigenvalue weighted by Crippen LogP contribution is -2.58. The average molecular weight is 447 g/mol. The second-order valence-corrected chi connectivity index (χ2v) is 13.7. The second kappa shape index (κ2) is 8.23. The summed E-state index contributed by atoms with van der Waals surface area (Å²) in [7, 11) is 0. The number of aliphatic hydroxyl groups is 2. The van der Waals surface area contributed by atoms with Crippen LogP contribution in [0.5, 0.6) is 0 Å². The predicted molar refractivity (Wildman–Crippen MR) is 129 cm³/mol. The van der Waals surface area contributed by atoms with Crippen molar-refractivity contribution >= 4 is 0 Å². The van der Waals surface area contributed by atoms with Crippen LogP contribution < -0.4 is 0 Å². The van der Waals surface area contributed by atoms with Crippen LogP contribution in [0.25, 0.3) is 0 Å². The summed E-state index contributed by atoms with van der Waals surface area (Å²) in [5.41, 5.74) is 0.636. The molecule has 3 heteroatoms. The molecule has 0 bridgehead atoms. The molecule has 4 aliphatic carbocycles. The molecular weight excluding hydrogens is 396 g/mol. The fourth-order valence-corrected chi connectivity index (χ4v) is 10.4. The summed E-state index contributed by atoms with van der Waals surface area (Å²) >= 11 is 0. The summed E-state index contributed by atoms with van der Waals surface area (Å²) < 4.78 is 6.39. The first-order valence-corrected chi connectivity index (χ1v) is 14.1. The van der Waals surface area contributed by atoms with Gasteiger partial charge in [0.1, 0.15) is 0 Å². The van der Waals surface area contributed by atoms with Crippen molar-refractivity contribution in [1.29, 1.82) is 0 Å². The Bertz CT molecular complexity index is 692. The van der Waals surface area contributed by atoms with Crippen LogP contribution in [0.15, 0.2) is 0 Å². The topological polar surface area (TPSA) is 53.0 Å². The van der Waals surface area contributed by atoms with Gasteiger partial charge in [-0.15, -0.1) is 0 Å². The van der Waals surface area contributed by atoms with Gasteiger partial charge in [0.2, 0.25) is 0 Å². The minimum Gasteiger partial charge on any atom is -0.393 e. The van der Waals surface area contributed by atoms with Crippen molar-refractivity contribution in [3.63, 3.8) is 0 Å². The lowest BCUT2D eigenvalue weighted by atomic mass is 9.43. The molecule has 2 unspecified atom stereocenters. The molecule has 5 fully saturated rings. The highest BCUT2D eigenvalue weighted by Gasteiger charge is 2.64. The van der Waals surface area contributed by atoms with Crippen LogP contribution in [0.2, 0.25) is 0 Å². The quantitative estimate of drug-likeness (QED) is 0.505. The standard InChI is InChI=1S/C29H50O3/c1-7-19(16(2)3)27-26(32-27)17(4)21-8-9-22-20-15-25(31)24-14-18(30)10-12-29(24,6)23(20)11-13-28(21,22)5/h16-27,30-31H,7-15H2,1-6H3/t17-,18+,19-,20-,21+,22-,23-,24+,25-,26?,27?,28+,29+/m0/s1. The van der Waals surface area contributed by atoms with Gasteiger partial charge in [-0.3, -0.25) is 0 Å². The molecule has 13 atom stereocenters. The Morgan fingerprint density at radius 2 is 1.53 bits per heavy atom. The molecule has 0 amide bonds. The van der Waals surface area contributed by atoms with Crippen molar-refractivity contribution in [2.75, 3.05) is 0 Å². The normalized spacial score (nSPS) is 54.5. The van der Waals surface area contributed by atoms with Gasteiger partial charge in [-0.2, -0.15) is 0 Å². The third kappa shape index (κ3) is 3.46. The fraction of sp³-hybridized carbons (Fsp3) is 1.00. The van der Waals surface area contributed by atoms with E-state index in [4.69, 9.17) is 4.74 Å². The Balaban J connectivity index is 1.33. The molecule has 0 spiro atoms. The molecule has 1 aliphatic heterocycles. The summed E-state index contributed by atoms with van der Waals surface area (Å²) in [5.74, 6) is 5.31. The molecule has 0 aromatic rings. The molecule has 5 rings (SSSR count). The lowest BCUT2D eigenvalue weighted by molar-refractivity contribution is -0.172. The number of fused-ring (bicyclic) bond motifs is 5. The maximum absolute atomic E-state index is 11.2. The van der Waals surface area contributed by atoms with Crippen LogP contribution in [0.4, 0.5) is 0 Å². The zero-order valence-corrected chi connectivity index (χ0v) is 21.6. The molecule has 32 heavy (non-hydrogen) atoms. The predicted octanol–water partition coefficient (Wildman–Crippen LogP) is 6.06. The van der Waals surface area contributed by atoms with E-state index in [0.29, 0.717) is 47.2 Å². The van der Waals surface area contributed by atoms with Crippen LogP contribution in [0.3, 0.4) is 0 Å². The highest BCUT2D eigenvalue weighted by molar-refractivity contribution is 5.12. The van der Waals surface area contributed by atoms with Gasteiger partial charge in [-0.25, -0.2) is 0 Å². The molecule has 4 saturated carbocycles. The largest absolute Gasteiger partial charge is 0.393 e. The number of hydrogen-bond donors (Lipinski definition) is 2. The molecule has 5 aliphatic rings. The minimum absolute atomic E-state index is 0.200. The van der Waals surface area contributed by atoms with Gasteiger partial charge < -0.3 is 14.9 Å². The van der Waals surface area contributed by atoms with E-state index >= 15 is 0 Å². The molecule has 184 valence electrons. The van der Waals surface area contributed by atoms with Crippen molar-refractivity contribution < 1.29 is 14.9 Å². The van der Waals surface area contributed by atoms with E-state index in [1.54, 1.807) is 0 Å². The van der Waals surface area contributed by atoms with E-state index in [0.717, 1.165) is 43.4 Å². The Labute approximate surface area is 197 Å². The number of hydrogen-bond acceptors (Lipinski definition) is 3. The van der Waals surface area contributed by atoms with Crippen molar-refractivity contribution in [2.24, 2.45) is 58.2 Å². The number of epoxide rings is 1. The van der Waals surface area contributed by atoms with E-state index in [2.05, 4.69) is 41.5 Å². The highest BCUT2D eigenvalue weighted by Crippen LogP contribution is 2.69. The second-order valence-electron chi connectivity index (χ2n) is 13.7. The van der Waals surface area contributed by atoms with Crippen molar-refractivity contribution in [2.45, 2.75) is 124 Å². The minimum atomic E-state index is -0.220. The summed E-state index contributed by atoms with van der Waals surface area (Å²) in [5, 5.41) is 21.6. The molecule has 0 aromatic carbocycles. The Morgan fingerprint density at radius 1 is 0.844 bits per heavy atom. The van der Waals surface area contributed by atoms with E-state index in [-0.39, 0.29) is 17.6 Å². The summed E-state index contributed by atoms with van der Waals surface area (Å²) in [6.45, 7) is 14.6. The molecule has 2 N–H and O–H groups in total. The van der Waals surface area contributed by atoms with Crippen molar-refractivity contribution in [3.05, 3.63) is 0 Å². The smallest absolute Gasteiger partial charge is 0.0875 e. The van der Waals surface area contributed by atoms with E-state index in [9.17, 15) is 10.2 Å². The summed E-state index contributed by atoms with van der Waals surface area (Å²) in [6.07, 6.45) is 11.0. The van der Waals surface area contributed by atoms with Crippen LogP contribution >= 0.6 is 0 Å². The Hall–Kier alpha value is -0.120. The molecular formula is C29H50O3. The van der Waals surface area contributed by atoms with Crippen molar-refractivity contribution in [1.82, 2.24) is 0 Å². The molecule has 0 aromatic heterocycles. The fourth-order valence-electron chi connectivity index (χ4n) is 10.4. The van der Waals surface area contributed by atoms with E-state index in [1.165, 1.54) is 32.1 Å². The number of ether oxygens (including phenoxy) is 1. The zero-order valence-electron chi connectivity index (χ0n) is 21.6. The molecule has 3 nitrogen and oxygen atoms in total. The SMILES string of the molecule is CC[C@@H](C(C)C)C1OC1[C@@H](C)[C@H]1CC[C@H]2[C@@H]3C[C@H](O)[C@H]4C[C@H](O)CC[C@]4(C)[C@H]3CC[C@]12C. The monoisotopic (exact) mass is 446 g/mol. The van der Waals surface area contributed by atoms with Gasteiger partial charge in [0.25, 0.3) is 0 Å². The Kier molecular flexibility index (Phi) is 6.07. The number of aliphatic hydroxyl groups excluding tert-OH is 2. The third-order valence-electron chi connectivity index (χ3n) is 12.2. The zero-order chi connectivity index (χ0) is 23.0. The molecule has 1 heterocycles. The maximum Gasteiger partial charge on any atom is 0.0875 e. The maximum atomic E-state index is 11.2. The Morgan fingerprint density at radius 3 is 2.22 bits per heavy atom. The van der Waals surface area contributed by atoms with Gasteiger partial charge in [-0.1, -0.05) is 48.0 Å². The van der Waals surface area contributed by atoms with Crippen LogP contribution in [0.1, 0.15) is 99.3 Å². The van der Waals surface area contributed by atoms with E-state index < -0.39 is 0 Å². The van der Waals surface area contributed by atoms with Crippen LogP contribution in [-0.2, 0) is 4.74 Å². The first-order valence-electron chi connectivity index (χ1n) is 14.1. The summed E-state index contributed by atoms with van der Waals surface area (Å²) in [6, 6.07) is 0. The first-order chi connectivity index (χ1) is 15.1. The molecule has 0 radical (unpaired) electrons. The van der Waals surface area contributed by atoms with Gasteiger partial charge in [0.15, 0.2) is 0 Å². The molecule has 1 saturated heterocycles. The van der Waals surface area contributed by atoms with Crippen LogP contribution in [0, 0.1) is 58.2 Å². The summed E-state index contributed by atoms with van der Waals surface area (Å²) in [4.78, 5) is 0. The highest BCUT2D eigenvalue weighted by atomic mass is 16.6. The first kappa shape index (κ1) is 23.6. The van der Waals surface area contributed by atoms with Crippen LogP contribution in [-0.4, -0.2) is 34.6 Å². The van der Waals surface area contributed by atoms with Crippen molar-refractivity contribution in [3.8, 4) is 0 Å². The number of rotatable bonds is 5. The van der Waals surface area contributed by atoms with Gasteiger partial charge in [0.05, 0.1) is 24.4 Å².